The zero-order chi connectivity index (χ0) is 13.9. The molecule has 0 radical (unpaired) electrons. The van der Waals surface area contributed by atoms with Crippen molar-refractivity contribution in [3.05, 3.63) is 64.8 Å². The molecular weight excluding hydrogens is 272 g/mol. The summed E-state index contributed by atoms with van der Waals surface area (Å²) in [6.45, 7) is 2.48. The molecule has 0 spiro atoms. The summed E-state index contributed by atoms with van der Waals surface area (Å²) in [4.78, 5) is 0. The molecule has 2 aromatic carbocycles. The Morgan fingerprint density at radius 2 is 1.80 bits per heavy atom. The van der Waals surface area contributed by atoms with Gasteiger partial charge in [-0.05, 0) is 18.6 Å². The van der Waals surface area contributed by atoms with E-state index in [1.165, 1.54) is 0 Å². The van der Waals surface area contributed by atoms with Gasteiger partial charge in [0.25, 0.3) is 0 Å². The first kappa shape index (κ1) is 12.9. The zero-order valence-corrected chi connectivity index (χ0v) is 11.8. The average molecular weight is 285 g/mol. The summed E-state index contributed by atoms with van der Waals surface area (Å²) in [6.07, 6.45) is 0. The molecule has 20 heavy (non-hydrogen) atoms. The van der Waals surface area contributed by atoms with E-state index in [4.69, 9.17) is 16.3 Å². The van der Waals surface area contributed by atoms with Crippen molar-refractivity contribution >= 4 is 22.4 Å². The van der Waals surface area contributed by atoms with Crippen LogP contribution in [0.1, 0.15) is 11.1 Å². The minimum absolute atomic E-state index is 0.395. The molecule has 4 heteroatoms. The molecule has 0 saturated carbocycles. The van der Waals surface area contributed by atoms with E-state index in [1.54, 1.807) is 0 Å². The van der Waals surface area contributed by atoms with Crippen molar-refractivity contribution in [2.75, 3.05) is 0 Å². The van der Waals surface area contributed by atoms with Gasteiger partial charge in [-0.15, -0.1) is 10.2 Å². The fourth-order valence-corrected chi connectivity index (χ4v) is 2.25. The van der Waals surface area contributed by atoms with Crippen LogP contribution in [0.15, 0.2) is 48.5 Å². The molecule has 3 aromatic rings. The number of halogens is 1. The molecule has 0 bridgehead atoms. The molecule has 0 atom stereocenters. The van der Waals surface area contributed by atoms with Gasteiger partial charge in [-0.25, -0.2) is 0 Å². The molecule has 0 aliphatic heterocycles. The summed E-state index contributed by atoms with van der Waals surface area (Å²) in [5.41, 5.74) is 2.22. The molecule has 0 saturated heterocycles. The lowest BCUT2D eigenvalue weighted by Gasteiger charge is -2.09. The lowest BCUT2D eigenvalue weighted by molar-refractivity contribution is 0.294. The molecular formula is C16H13ClN2O. The maximum absolute atomic E-state index is 6.07. The Labute approximate surface area is 122 Å². The highest BCUT2D eigenvalue weighted by Crippen LogP contribution is 2.28. The van der Waals surface area contributed by atoms with Gasteiger partial charge >= 0.3 is 0 Å². The largest absolute Gasteiger partial charge is 0.471 e. The van der Waals surface area contributed by atoms with Gasteiger partial charge in [0.15, 0.2) is 5.15 Å². The Morgan fingerprint density at radius 1 is 1.00 bits per heavy atom. The second kappa shape index (κ2) is 5.47. The van der Waals surface area contributed by atoms with Crippen LogP contribution in [-0.2, 0) is 6.61 Å². The van der Waals surface area contributed by atoms with Crippen molar-refractivity contribution in [3.63, 3.8) is 0 Å². The van der Waals surface area contributed by atoms with Crippen molar-refractivity contribution in [3.8, 4) is 5.88 Å². The number of fused-ring (bicyclic) bond motifs is 1. The van der Waals surface area contributed by atoms with Crippen molar-refractivity contribution < 1.29 is 4.74 Å². The highest BCUT2D eigenvalue weighted by molar-refractivity contribution is 6.34. The summed E-state index contributed by atoms with van der Waals surface area (Å²) in [6, 6.07) is 15.9. The highest BCUT2D eigenvalue weighted by Gasteiger charge is 2.09. The molecule has 0 N–H and O–H groups in total. The zero-order valence-electron chi connectivity index (χ0n) is 11.0. The van der Waals surface area contributed by atoms with E-state index in [0.717, 1.165) is 21.9 Å². The molecule has 0 fully saturated rings. The molecule has 1 aromatic heterocycles. The predicted molar refractivity (Wildman–Crippen MR) is 80.1 cm³/mol. The van der Waals surface area contributed by atoms with Crippen molar-refractivity contribution in [1.29, 1.82) is 0 Å². The topological polar surface area (TPSA) is 35.0 Å². The maximum atomic E-state index is 6.07. The summed E-state index contributed by atoms with van der Waals surface area (Å²) in [7, 11) is 0. The molecule has 1 heterocycles. The first-order valence-electron chi connectivity index (χ1n) is 6.33. The number of hydrogen-bond donors (Lipinski definition) is 0. The monoisotopic (exact) mass is 284 g/mol. The van der Waals surface area contributed by atoms with Crippen molar-refractivity contribution in [2.24, 2.45) is 0 Å². The summed E-state index contributed by atoms with van der Waals surface area (Å²) >= 11 is 6.07. The van der Waals surface area contributed by atoms with Gasteiger partial charge in [0.05, 0.1) is 0 Å². The van der Waals surface area contributed by atoms with E-state index >= 15 is 0 Å². The number of nitrogens with zero attached hydrogens (tertiary/aromatic N) is 2. The third-order valence-electron chi connectivity index (χ3n) is 3.07. The standard InChI is InChI=1S/C16H13ClN2O/c1-11-7-8-13-14(9-11)16(19-18-15(13)17)20-10-12-5-3-2-4-6-12/h2-9H,10H2,1H3. The minimum atomic E-state index is 0.395. The SMILES string of the molecule is Cc1ccc2c(Cl)nnc(OCc3ccccc3)c2c1. The number of ether oxygens (including phenoxy) is 1. The molecule has 3 nitrogen and oxygen atoms in total. The van der Waals surface area contributed by atoms with Gasteiger partial charge in [0.2, 0.25) is 5.88 Å². The van der Waals surface area contributed by atoms with E-state index in [9.17, 15) is 0 Å². The van der Waals surface area contributed by atoms with E-state index in [2.05, 4.69) is 10.2 Å². The van der Waals surface area contributed by atoms with Crippen LogP contribution in [0.2, 0.25) is 5.15 Å². The quantitative estimate of drug-likeness (QED) is 0.724. The lowest BCUT2D eigenvalue weighted by Crippen LogP contribution is -1.99. The van der Waals surface area contributed by atoms with Gasteiger partial charge in [-0.2, -0.15) is 0 Å². The lowest BCUT2D eigenvalue weighted by atomic mass is 10.1. The van der Waals surface area contributed by atoms with Gasteiger partial charge in [0.1, 0.15) is 6.61 Å². The average Bonchev–Trinajstić information content (AvgIpc) is 2.47. The first-order valence-corrected chi connectivity index (χ1v) is 6.71. The smallest absolute Gasteiger partial charge is 0.241 e. The van der Waals surface area contributed by atoms with E-state index in [-0.39, 0.29) is 0 Å². The third-order valence-corrected chi connectivity index (χ3v) is 3.35. The van der Waals surface area contributed by atoms with Gasteiger partial charge in [-0.1, -0.05) is 59.6 Å². The van der Waals surface area contributed by atoms with Crippen LogP contribution in [-0.4, -0.2) is 10.2 Å². The fourth-order valence-electron chi connectivity index (χ4n) is 2.04. The Morgan fingerprint density at radius 3 is 2.60 bits per heavy atom. The van der Waals surface area contributed by atoms with E-state index in [1.807, 2.05) is 55.5 Å². The Kier molecular flexibility index (Phi) is 3.52. The number of benzene rings is 2. The number of rotatable bonds is 3. The van der Waals surface area contributed by atoms with E-state index < -0.39 is 0 Å². The molecule has 0 aliphatic carbocycles. The second-order valence-electron chi connectivity index (χ2n) is 4.62. The van der Waals surface area contributed by atoms with Gasteiger partial charge in [0, 0.05) is 10.8 Å². The molecule has 100 valence electrons. The summed E-state index contributed by atoms with van der Waals surface area (Å²) < 4.78 is 5.78. The van der Waals surface area contributed by atoms with Crippen LogP contribution < -0.4 is 4.74 Å². The number of aryl methyl sites for hydroxylation is 1. The predicted octanol–water partition coefficient (Wildman–Crippen LogP) is 4.17. The third kappa shape index (κ3) is 2.58. The van der Waals surface area contributed by atoms with Crippen molar-refractivity contribution in [2.45, 2.75) is 13.5 Å². The van der Waals surface area contributed by atoms with Crippen LogP contribution >= 0.6 is 11.6 Å². The van der Waals surface area contributed by atoms with E-state index in [0.29, 0.717) is 17.6 Å². The fraction of sp³-hybridized carbons (Fsp3) is 0.125. The van der Waals surface area contributed by atoms with Crippen molar-refractivity contribution in [1.82, 2.24) is 10.2 Å². The van der Waals surface area contributed by atoms with Crippen LogP contribution in [0.25, 0.3) is 10.8 Å². The molecule has 3 rings (SSSR count). The number of aromatic nitrogens is 2. The van der Waals surface area contributed by atoms with Crippen LogP contribution in [0.4, 0.5) is 0 Å². The first-order chi connectivity index (χ1) is 9.74. The normalized spacial score (nSPS) is 10.7. The number of hydrogen-bond acceptors (Lipinski definition) is 3. The Hall–Kier alpha value is -2.13. The van der Waals surface area contributed by atoms with Crippen LogP contribution in [0.3, 0.4) is 0 Å². The minimum Gasteiger partial charge on any atom is -0.471 e. The van der Waals surface area contributed by atoms with Crippen LogP contribution in [0.5, 0.6) is 5.88 Å². The highest BCUT2D eigenvalue weighted by atomic mass is 35.5. The summed E-state index contributed by atoms with van der Waals surface area (Å²) in [5, 5.41) is 10.1. The molecule has 0 amide bonds. The Bertz CT molecular complexity index is 744. The molecule has 0 aliphatic rings. The van der Waals surface area contributed by atoms with Gasteiger partial charge in [-0.3, -0.25) is 0 Å². The summed E-state index contributed by atoms with van der Waals surface area (Å²) in [5.74, 6) is 0.511. The maximum Gasteiger partial charge on any atom is 0.241 e. The molecule has 0 unspecified atom stereocenters. The second-order valence-corrected chi connectivity index (χ2v) is 4.98. The Balaban J connectivity index is 1.95. The van der Waals surface area contributed by atoms with Crippen LogP contribution in [0, 0.1) is 6.92 Å². The van der Waals surface area contributed by atoms with Gasteiger partial charge < -0.3 is 4.74 Å².